The minimum Gasteiger partial charge on any atom is -0.492 e. The molecule has 0 unspecified atom stereocenters. The van der Waals surface area contributed by atoms with Crippen LogP contribution >= 0.6 is 0 Å². The summed E-state index contributed by atoms with van der Waals surface area (Å²) in [5.41, 5.74) is 2.48. The molecule has 4 nitrogen and oxygen atoms in total. The molecule has 4 heteroatoms. The normalized spacial score (nSPS) is 13.1. The van der Waals surface area contributed by atoms with Crippen LogP contribution in [-0.2, 0) is 12.8 Å². The lowest BCUT2D eigenvalue weighted by atomic mass is 10.2. The number of para-hydroxylation sites is 1. The minimum absolute atomic E-state index is 0.628. The molecule has 2 aromatic rings. The molecule has 1 heterocycles. The molecule has 1 aliphatic rings. The number of aryl methyl sites for hydroxylation is 1. The van der Waals surface area contributed by atoms with Gasteiger partial charge in [-0.2, -0.15) is 0 Å². The Kier molecular flexibility index (Phi) is 3.58. The summed E-state index contributed by atoms with van der Waals surface area (Å²) >= 11 is 0. The van der Waals surface area contributed by atoms with E-state index in [0.717, 1.165) is 31.0 Å². The van der Waals surface area contributed by atoms with E-state index in [4.69, 9.17) is 4.74 Å². The maximum atomic E-state index is 5.64. The maximum Gasteiger partial charge on any atom is 0.132 e. The highest BCUT2D eigenvalue weighted by Gasteiger charge is 2.16. The van der Waals surface area contributed by atoms with Crippen molar-refractivity contribution in [3.63, 3.8) is 0 Å². The standard InChI is InChI=1S/C15H17N3O/c1-2-5-12(6-3-1)19-10-9-16-15-13-7-4-8-14(13)17-11-18-15/h1-3,5-6,11H,4,7-10H2,(H,16,17,18). The zero-order chi connectivity index (χ0) is 12.9. The average Bonchev–Trinajstić information content (AvgIpc) is 2.94. The highest BCUT2D eigenvalue weighted by molar-refractivity contribution is 5.47. The van der Waals surface area contributed by atoms with E-state index in [2.05, 4.69) is 15.3 Å². The van der Waals surface area contributed by atoms with Crippen molar-refractivity contribution in [3.8, 4) is 5.75 Å². The largest absolute Gasteiger partial charge is 0.492 e. The van der Waals surface area contributed by atoms with E-state index in [1.165, 1.54) is 17.7 Å². The number of benzene rings is 1. The van der Waals surface area contributed by atoms with Crippen molar-refractivity contribution in [2.45, 2.75) is 19.3 Å². The number of ether oxygens (including phenoxy) is 1. The topological polar surface area (TPSA) is 47.0 Å². The van der Waals surface area contributed by atoms with E-state index < -0.39 is 0 Å². The number of fused-ring (bicyclic) bond motifs is 1. The molecule has 3 rings (SSSR count). The molecule has 1 aromatic heterocycles. The van der Waals surface area contributed by atoms with E-state index in [1.807, 2.05) is 30.3 Å². The predicted molar refractivity (Wildman–Crippen MR) is 74.5 cm³/mol. The van der Waals surface area contributed by atoms with Crippen molar-refractivity contribution >= 4 is 5.82 Å². The molecule has 1 N–H and O–H groups in total. The van der Waals surface area contributed by atoms with Crippen LogP contribution in [0.3, 0.4) is 0 Å². The summed E-state index contributed by atoms with van der Waals surface area (Å²) in [6, 6.07) is 9.85. The van der Waals surface area contributed by atoms with Gasteiger partial charge in [0.15, 0.2) is 0 Å². The second kappa shape index (κ2) is 5.69. The van der Waals surface area contributed by atoms with Crippen molar-refractivity contribution in [1.29, 1.82) is 0 Å². The summed E-state index contributed by atoms with van der Waals surface area (Å²) < 4.78 is 5.64. The van der Waals surface area contributed by atoms with Gasteiger partial charge in [0.1, 0.15) is 24.5 Å². The van der Waals surface area contributed by atoms with Gasteiger partial charge < -0.3 is 10.1 Å². The van der Waals surface area contributed by atoms with Crippen LogP contribution in [0.25, 0.3) is 0 Å². The molecule has 98 valence electrons. The summed E-state index contributed by atoms with van der Waals surface area (Å²) in [5, 5.41) is 3.34. The van der Waals surface area contributed by atoms with Gasteiger partial charge in [0.05, 0.1) is 6.54 Å². The van der Waals surface area contributed by atoms with Crippen LogP contribution in [0, 0.1) is 0 Å². The molecule has 0 fully saturated rings. The number of hydrogen-bond acceptors (Lipinski definition) is 4. The van der Waals surface area contributed by atoms with E-state index in [1.54, 1.807) is 6.33 Å². The Hall–Kier alpha value is -2.10. The Balaban J connectivity index is 1.52. The Bertz CT molecular complexity index is 542. The first-order valence-electron chi connectivity index (χ1n) is 6.68. The molecule has 0 saturated heterocycles. The Labute approximate surface area is 112 Å². The van der Waals surface area contributed by atoms with Crippen LogP contribution in [0.5, 0.6) is 5.75 Å². The van der Waals surface area contributed by atoms with Gasteiger partial charge in [0, 0.05) is 11.3 Å². The highest BCUT2D eigenvalue weighted by Crippen LogP contribution is 2.24. The van der Waals surface area contributed by atoms with Crippen LogP contribution in [0.1, 0.15) is 17.7 Å². The number of nitrogens with one attached hydrogen (secondary N) is 1. The van der Waals surface area contributed by atoms with Crippen LogP contribution < -0.4 is 10.1 Å². The van der Waals surface area contributed by atoms with Crippen LogP contribution in [0.15, 0.2) is 36.7 Å². The number of anilines is 1. The quantitative estimate of drug-likeness (QED) is 0.834. The molecule has 0 radical (unpaired) electrons. The second-order valence-corrected chi connectivity index (χ2v) is 4.59. The van der Waals surface area contributed by atoms with Crippen LogP contribution in [0.2, 0.25) is 0 Å². The minimum atomic E-state index is 0.628. The molecule has 1 aliphatic carbocycles. The SMILES string of the molecule is c1ccc(OCCNc2ncnc3c2CCC3)cc1. The lowest BCUT2D eigenvalue weighted by Gasteiger charge is -2.10. The third-order valence-corrected chi connectivity index (χ3v) is 3.28. The number of hydrogen-bond donors (Lipinski definition) is 1. The lowest BCUT2D eigenvalue weighted by molar-refractivity contribution is 0.332. The Morgan fingerprint density at radius 2 is 2.00 bits per heavy atom. The summed E-state index contributed by atoms with van der Waals surface area (Å²) in [7, 11) is 0. The third kappa shape index (κ3) is 2.84. The van der Waals surface area contributed by atoms with Gasteiger partial charge in [-0.3, -0.25) is 0 Å². The molecule has 1 aromatic carbocycles. The lowest BCUT2D eigenvalue weighted by Crippen LogP contribution is -2.14. The predicted octanol–water partition coefficient (Wildman–Crippen LogP) is 2.46. The first-order valence-corrected chi connectivity index (χ1v) is 6.68. The monoisotopic (exact) mass is 255 g/mol. The summed E-state index contributed by atoms with van der Waals surface area (Å²) in [6.45, 7) is 1.38. The van der Waals surface area contributed by atoms with E-state index >= 15 is 0 Å². The molecular weight excluding hydrogens is 238 g/mol. The van der Waals surface area contributed by atoms with Crippen molar-refractivity contribution in [2.24, 2.45) is 0 Å². The first-order chi connectivity index (χ1) is 9.43. The second-order valence-electron chi connectivity index (χ2n) is 4.59. The van der Waals surface area contributed by atoms with Gasteiger partial charge in [-0.15, -0.1) is 0 Å². The molecule has 0 aliphatic heterocycles. The zero-order valence-electron chi connectivity index (χ0n) is 10.8. The zero-order valence-corrected chi connectivity index (χ0v) is 10.8. The highest BCUT2D eigenvalue weighted by atomic mass is 16.5. The molecule has 0 saturated carbocycles. The molecule has 19 heavy (non-hydrogen) atoms. The summed E-state index contributed by atoms with van der Waals surface area (Å²) in [4.78, 5) is 8.63. The molecule has 0 bridgehead atoms. The average molecular weight is 255 g/mol. The van der Waals surface area contributed by atoms with E-state index in [0.29, 0.717) is 6.61 Å². The Morgan fingerprint density at radius 1 is 1.11 bits per heavy atom. The smallest absolute Gasteiger partial charge is 0.132 e. The fourth-order valence-corrected chi connectivity index (χ4v) is 2.37. The van der Waals surface area contributed by atoms with E-state index in [-0.39, 0.29) is 0 Å². The third-order valence-electron chi connectivity index (χ3n) is 3.28. The van der Waals surface area contributed by atoms with E-state index in [9.17, 15) is 0 Å². The van der Waals surface area contributed by atoms with Gasteiger partial charge in [0.25, 0.3) is 0 Å². The number of rotatable bonds is 5. The Morgan fingerprint density at radius 3 is 2.89 bits per heavy atom. The van der Waals surface area contributed by atoms with Gasteiger partial charge in [-0.25, -0.2) is 9.97 Å². The molecule has 0 amide bonds. The van der Waals surface area contributed by atoms with Crippen molar-refractivity contribution in [1.82, 2.24) is 9.97 Å². The molecular formula is C15H17N3O. The maximum absolute atomic E-state index is 5.64. The summed E-state index contributed by atoms with van der Waals surface area (Å²) in [6.07, 6.45) is 4.98. The fraction of sp³-hybridized carbons (Fsp3) is 0.333. The summed E-state index contributed by atoms with van der Waals surface area (Å²) in [5.74, 6) is 1.87. The van der Waals surface area contributed by atoms with Crippen LogP contribution in [0.4, 0.5) is 5.82 Å². The van der Waals surface area contributed by atoms with Gasteiger partial charge >= 0.3 is 0 Å². The van der Waals surface area contributed by atoms with Crippen molar-refractivity contribution < 1.29 is 4.74 Å². The molecule has 0 atom stereocenters. The number of nitrogens with zero attached hydrogens (tertiary/aromatic N) is 2. The van der Waals surface area contributed by atoms with Gasteiger partial charge in [0.2, 0.25) is 0 Å². The van der Waals surface area contributed by atoms with Crippen molar-refractivity contribution in [3.05, 3.63) is 47.9 Å². The van der Waals surface area contributed by atoms with Crippen LogP contribution in [-0.4, -0.2) is 23.1 Å². The first kappa shape index (κ1) is 12.0. The van der Waals surface area contributed by atoms with Crippen molar-refractivity contribution in [2.75, 3.05) is 18.5 Å². The molecule has 0 spiro atoms. The number of aromatic nitrogens is 2. The van der Waals surface area contributed by atoms with Gasteiger partial charge in [-0.1, -0.05) is 18.2 Å². The fourth-order valence-electron chi connectivity index (χ4n) is 2.37. The van der Waals surface area contributed by atoms with Gasteiger partial charge in [-0.05, 0) is 31.4 Å².